The normalized spacial score (nSPS) is 10.1. The molecule has 4 nitrogen and oxygen atoms in total. The van der Waals surface area contributed by atoms with Gasteiger partial charge < -0.3 is 4.74 Å². The molecule has 0 amide bonds. The first kappa shape index (κ1) is 10.8. The predicted octanol–water partition coefficient (Wildman–Crippen LogP) is 2.59. The number of pyridine rings is 1. The average Bonchev–Trinajstić information content (AvgIpc) is 2.30. The summed E-state index contributed by atoms with van der Waals surface area (Å²) in [6, 6.07) is 1.86. The average molecular weight is 236 g/mol. The van der Waals surface area contributed by atoms with Crippen LogP contribution in [0.1, 0.15) is 6.92 Å². The Labute approximate surface area is 98.3 Å². The predicted molar refractivity (Wildman–Crippen MR) is 61.4 cm³/mol. The fourth-order valence-corrected chi connectivity index (χ4v) is 1.43. The van der Waals surface area contributed by atoms with E-state index in [0.29, 0.717) is 23.2 Å². The zero-order valence-electron chi connectivity index (χ0n) is 8.72. The van der Waals surface area contributed by atoms with Crippen LogP contribution in [0.4, 0.5) is 0 Å². The summed E-state index contributed by atoms with van der Waals surface area (Å²) in [6.07, 6.45) is 6.48. The Balaban J connectivity index is 2.36. The summed E-state index contributed by atoms with van der Waals surface area (Å²) in [6.45, 7) is 2.53. The number of rotatable bonds is 3. The van der Waals surface area contributed by atoms with Crippen molar-refractivity contribution in [2.45, 2.75) is 6.92 Å². The molecule has 2 aromatic heterocycles. The van der Waals surface area contributed by atoms with Gasteiger partial charge in [-0.3, -0.25) is 9.97 Å². The molecule has 0 radical (unpaired) electrons. The minimum Gasteiger partial charge on any atom is -0.492 e. The molecule has 0 aromatic carbocycles. The Morgan fingerprint density at radius 2 is 2.00 bits per heavy atom. The van der Waals surface area contributed by atoms with Crippen LogP contribution in [0.3, 0.4) is 0 Å². The third-order valence-electron chi connectivity index (χ3n) is 1.93. The summed E-state index contributed by atoms with van der Waals surface area (Å²) >= 11 is 5.77. The third-order valence-corrected chi connectivity index (χ3v) is 2.11. The molecule has 0 bridgehead atoms. The van der Waals surface area contributed by atoms with E-state index in [9.17, 15) is 0 Å². The van der Waals surface area contributed by atoms with Crippen molar-refractivity contribution in [2.24, 2.45) is 0 Å². The van der Waals surface area contributed by atoms with Gasteiger partial charge in [0.05, 0.1) is 30.9 Å². The fraction of sp³-hybridized carbons (Fsp3) is 0.182. The SMILES string of the molecule is CCOc1cncc(-c2cncc(Cl)n2)c1. The Morgan fingerprint density at radius 3 is 2.75 bits per heavy atom. The van der Waals surface area contributed by atoms with Gasteiger partial charge in [0.2, 0.25) is 0 Å². The van der Waals surface area contributed by atoms with E-state index in [0.717, 1.165) is 5.56 Å². The highest BCUT2D eigenvalue weighted by molar-refractivity contribution is 6.29. The number of aromatic nitrogens is 3. The number of nitrogens with zero attached hydrogens (tertiary/aromatic N) is 3. The molecular weight excluding hydrogens is 226 g/mol. The highest BCUT2D eigenvalue weighted by Gasteiger charge is 2.03. The van der Waals surface area contributed by atoms with Crippen LogP contribution in [-0.4, -0.2) is 21.6 Å². The zero-order valence-corrected chi connectivity index (χ0v) is 9.48. The van der Waals surface area contributed by atoms with Gasteiger partial charge in [0.25, 0.3) is 0 Å². The molecule has 16 heavy (non-hydrogen) atoms. The van der Waals surface area contributed by atoms with Crippen molar-refractivity contribution in [2.75, 3.05) is 6.61 Å². The first-order valence-corrected chi connectivity index (χ1v) is 5.23. The van der Waals surface area contributed by atoms with Crippen molar-refractivity contribution in [1.82, 2.24) is 15.0 Å². The van der Waals surface area contributed by atoms with E-state index in [1.54, 1.807) is 18.6 Å². The van der Waals surface area contributed by atoms with E-state index in [1.807, 2.05) is 13.0 Å². The standard InChI is InChI=1S/C11H10ClN3O/c1-2-16-9-3-8(4-13-5-9)10-6-14-7-11(12)15-10/h3-7H,2H2,1H3. The second-order valence-corrected chi connectivity index (χ2v) is 3.46. The van der Waals surface area contributed by atoms with Gasteiger partial charge >= 0.3 is 0 Å². The van der Waals surface area contributed by atoms with Crippen LogP contribution in [0.5, 0.6) is 5.75 Å². The Kier molecular flexibility index (Phi) is 3.31. The lowest BCUT2D eigenvalue weighted by Gasteiger charge is -2.04. The number of halogens is 1. The largest absolute Gasteiger partial charge is 0.492 e. The van der Waals surface area contributed by atoms with Crippen LogP contribution in [0, 0.1) is 0 Å². The highest BCUT2D eigenvalue weighted by Crippen LogP contribution is 2.21. The topological polar surface area (TPSA) is 47.9 Å². The molecule has 0 fully saturated rings. The van der Waals surface area contributed by atoms with Crippen molar-refractivity contribution >= 4 is 11.6 Å². The third kappa shape index (κ3) is 2.46. The van der Waals surface area contributed by atoms with Crippen LogP contribution < -0.4 is 4.74 Å². The van der Waals surface area contributed by atoms with Crippen LogP contribution >= 0.6 is 11.6 Å². The molecule has 82 valence electrons. The maximum Gasteiger partial charge on any atom is 0.148 e. The zero-order chi connectivity index (χ0) is 11.4. The van der Waals surface area contributed by atoms with Gasteiger partial charge in [0, 0.05) is 11.8 Å². The van der Waals surface area contributed by atoms with Crippen molar-refractivity contribution in [3.8, 4) is 17.0 Å². The molecule has 2 aromatic rings. The van der Waals surface area contributed by atoms with E-state index in [4.69, 9.17) is 16.3 Å². The van der Waals surface area contributed by atoms with E-state index in [2.05, 4.69) is 15.0 Å². The first-order valence-electron chi connectivity index (χ1n) is 4.85. The molecule has 0 unspecified atom stereocenters. The summed E-state index contributed by atoms with van der Waals surface area (Å²) in [5, 5.41) is 0.360. The van der Waals surface area contributed by atoms with Gasteiger partial charge in [0.15, 0.2) is 0 Å². The lowest BCUT2D eigenvalue weighted by molar-refractivity contribution is 0.339. The van der Waals surface area contributed by atoms with Crippen molar-refractivity contribution in [3.63, 3.8) is 0 Å². The second-order valence-electron chi connectivity index (χ2n) is 3.07. The van der Waals surface area contributed by atoms with Crippen molar-refractivity contribution in [1.29, 1.82) is 0 Å². The summed E-state index contributed by atoms with van der Waals surface area (Å²) in [5.41, 5.74) is 1.52. The Bertz CT molecular complexity index is 490. The molecule has 0 saturated heterocycles. The molecule has 0 N–H and O–H groups in total. The first-order chi connectivity index (χ1) is 7.79. The maximum atomic E-state index is 5.77. The summed E-state index contributed by atoms with van der Waals surface area (Å²) in [5.74, 6) is 0.710. The Hall–Kier alpha value is -1.68. The quantitative estimate of drug-likeness (QED) is 0.821. The lowest BCUT2D eigenvalue weighted by Crippen LogP contribution is -1.93. The summed E-state index contributed by atoms with van der Waals surface area (Å²) < 4.78 is 5.35. The van der Waals surface area contributed by atoms with Crippen molar-refractivity contribution in [3.05, 3.63) is 36.0 Å². The molecule has 0 atom stereocenters. The van der Waals surface area contributed by atoms with Crippen LogP contribution in [0.25, 0.3) is 11.3 Å². The van der Waals surface area contributed by atoms with E-state index < -0.39 is 0 Å². The molecule has 0 spiro atoms. The van der Waals surface area contributed by atoms with Gasteiger partial charge in [-0.05, 0) is 13.0 Å². The van der Waals surface area contributed by atoms with Crippen LogP contribution in [0.15, 0.2) is 30.9 Å². The molecule has 0 aliphatic carbocycles. The monoisotopic (exact) mass is 235 g/mol. The molecule has 0 saturated carbocycles. The lowest BCUT2D eigenvalue weighted by atomic mass is 10.2. The number of hydrogen-bond acceptors (Lipinski definition) is 4. The van der Waals surface area contributed by atoms with Crippen LogP contribution in [-0.2, 0) is 0 Å². The minimum absolute atomic E-state index is 0.360. The van der Waals surface area contributed by atoms with E-state index in [-0.39, 0.29) is 0 Å². The molecular formula is C11H10ClN3O. The van der Waals surface area contributed by atoms with Crippen molar-refractivity contribution < 1.29 is 4.74 Å². The molecule has 2 rings (SSSR count). The minimum atomic E-state index is 0.360. The second kappa shape index (κ2) is 4.90. The van der Waals surface area contributed by atoms with Gasteiger partial charge in [-0.15, -0.1) is 0 Å². The molecule has 0 aliphatic rings. The Morgan fingerprint density at radius 1 is 1.19 bits per heavy atom. The van der Waals surface area contributed by atoms with E-state index in [1.165, 1.54) is 6.20 Å². The number of hydrogen-bond donors (Lipinski definition) is 0. The van der Waals surface area contributed by atoms with Gasteiger partial charge in [0.1, 0.15) is 10.9 Å². The number of ether oxygens (including phenoxy) is 1. The molecule has 2 heterocycles. The fourth-order valence-electron chi connectivity index (χ4n) is 1.29. The maximum absolute atomic E-state index is 5.77. The summed E-state index contributed by atoms with van der Waals surface area (Å²) in [7, 11) is 0. The van der Waals surface area contributed by atoms with Gasteiger partial charge in [-0.1, -0.05) is 11.6 Å². The highest BCUT2D eigenvalue weighted by atomic mass is 35.5. The van der Waals surface area contributed by atoms with Crippen LogP contribution in [0.2, 0.25) is 5.15 Å². The van der Waals surface area contributed by atoms with Gasteiger partial charge in [-0.25, -0.2) is 4.98 Å². The van der Waals surface area contributed by atoms with Gasteiger partial charge in [-0.2, -0.15) is 0 Å². The molecule has 5 heteroatoms. The van der Waals surface area contributed by atoms with E-state index >= 15 is 0 Å². The smallest absolute Gasteiger partial charge is 0.148 e. The summed E-state index contributed by atoms with van der Waals surface area (Å²) in [4.78, 5) is 12.2. The molecule has 0 aliphatic heterocycles.